The lowest BCUT2D eigenvalue weighted by Gasteiger charge is -2.18. The van der Waals surface area contributed by atoms with Crippen LogP contribution in [0.4, 0.5) is 0 Å². The van der Waals surface area contributed by atoms with E-state index in [0.29, 0.717) is 12.2 Å². The van der Waals surface area contributed by atoms with Crippen LogP contribution in [0.15, 0.2) is 54.6 Å². The largest absolute Gasteiger partial charge is 0.497 e. The van der Waals surface area contributed by atoms with E-state index in [1.54, 1.807) is 31.4 Å². The van der Waals surface area contributed by atoms with Crippen LogP contribution in [0.1, 0.15) is 93.5 Å². The van der Waals surface area contributed by atoms with Gasteiger partial charge in [-0.15, -0.1) is 0 Å². The maximum Gasteiger partial charge on any atom is 0.308 e. The molecule has 0 heterocycles. The molecular formula is C30H42O5. The molecule has 0 saturated heterocycles. The second-order valence-electron chi connectivity index (χ2n) is 9.05. The van der Waals surface area contributed by atoms with Crippen LogP contribution in [0.5, 0.6) is 5.75 Å². The van der Waals surface area contributed by atoms with Gasteiger partial charge in [0.2, 0.25) is 0 Å². The molecule has 5 heteroatoms. The Morgan fingerprint density at radius 2 is 1.43 bits per heavy atom. The van der Waals surface area contributed by atoms with Crippen molar-refractivity contribution in [2.45, 2.75) is 90.3 Å². The van der Waals surface area contributed by atoms with Crippen molar-refractivity contribution < 1.29 is 23.8 Å². The van der Waals surface area contributed by atoms with Gasteiger partial charge in [0, 0.05) is 5.56 Å². The van der Waals surface area contributed by atoms with Gasteiger partial charge < -0.3 is 14.2 Å². The van der Waals surface area contributed by atoms with Gasteiger partial charge in [0.15, 0.2) is 12.4 Å². The van der Waals surface area contributed by atoms with Crippen molar-refractivity contribution in [2.75, 3.05) is 13.7 Å². The first-order chi connectivity index (χ1) is 17.1. The van der Waals surface area contributed by atoms with Gasteiger partial charge in [-0.05, 0) is 24.1 Å². The Bertz CT molecular complexity index is 832. The van der Waals surface area contributed by atoms with E-state index in [0.717, 1.165) is 30.6 Å². The van der Waals surface area contributed by atoms with E-state index >= 15 is 0 Å². The number of ketones is 1. The minimum atomic E-state index is -0.398. The summed E-state index contributed by atoms with van der Waals surface area (Å²) >= 11 is 0. The van der Waals surface area contributed by atoms with Gasteiger partial charge in [-0.3, -0.25) is 9.59 Å². The number of ether oxygens (including phenoxy) is 3. The Labute approximate surface area is 211 Å². The number of hydrogen-bond acceptors (Lipinski definition) is 5. The summed E-state index contributed by atoms with van der Waals surface area (Å²) in [6, 6.07) is 16.6. The quantitative estimate of drug-likeness (QED) is 0.119. The summed E-state index contributed by atoms with van der Waals surface area (Å²) in [7, 11) is 1.64. The third kappa shape index (κ3) is 12.6. The van der Waals surface area contributed by atoms with Crippen LogP contribution in [0.25, 0.3) is 0 Å². The van der Waals surface area contributed by atoms with Gasteiger partial charge in [-0.1, -0.05) is 107 Å². The number of unbranched alkanes of at least 4 members (excludes halogenated alkanes) is 8. The highest BCUT2D eigenvalue weighted by atomic mass is 16.5. The molecule has 0 aromatic heterocycles. The fourth-order valence-corrected chi connectivity index (χ4v) is 3.96. The van der Waals surface area contributed by atoms with E-state index in [1.165, 1.54) is 44.9 Å². The lowest BCUT2D eigenvalue weighted by molar-refractivity contribution is -0.146. The first-order valence-electron chi connectivity index (χ1n) is 13.1. The van der Waals surface area contributed by atoms with Gasteiger partial charge in [-0.2, -0.15) is 0 Å². The van der Waals surface area contributed by atoms with E-state index in [-0.39, 0.29) is 24.9 Å². The molecule has 0 unspecified atom stereocenters. The second kappa shape index (κ2) is 17.7. The molecule has 0 aliphatic heterocycles. The fraction of sp³-hybridized carbons (Fsp3) is 0.533. The lowest BCUT2D eigenvalue weighted by atomic mass is 10.0. The standard InChI is InChI=1S/C30H42O5/c1-3-4-5-6-7-8-9-10-14-17-28(34-23-25-18-20-27(33-2)21-19-25)22-30(32)35-24-29(31)26-15-12-11-13-16-26/h11-13,15-16,18-21,28H,3-10,14,17,22-24H2,1-2H3/t28-/m1/s1. The number of carbonyl (C=O) groups is 2. The summed E-state index contributed by atoms with van der Waals surface area (Å²) in [5, 5.41) is 0. The predicted molar refractivity (Wildman–Crippen MR) is 140 cm³/mol. The summed E-state index contributed by atoms with van der Waals surface area (Å²) in [4.78, 5) is 24.7. The average Bonchev–Trinajstić information content (AvgIpc) is 2.90. The highest BCUT2D eigenvalue weighted by Crippen LogP contribution is 2.18. The van der Waals surface area contributed by atoms with Gasteiger partial charge in [0.05, 0.1) is 26.2 Å². The van der Waals surface area contributed by atoms with E-state index in [9.17, 15) is 9.59 Å². The number of benzene rings is 2. The Morgan fingerprint density at radius 1 is 0.800 bits per heavy atom. The molecule has 1 atom stereocenters. The Hall–Kier alpha value is -2.66. The molecule has 0 aliphatic rings. The third-order valence-corrected chi connectivity index (χ3v) is 6.13. The van der Waals surface area contributed by atoms with E-state index in [4.69, 9.17) is 14.2 Å². The number of carbonyl (C=O) groups excluding carboxylic acids is 2. The summed E-state index contributed by atoms with van der Waals surface area (Å²) in [6.45, 7) is 2.42. The molecular weight excluding hydrogens is 440 g/mol. The lowest BCUT2D eigenvalue weighted by Crippen LogP contribution is -2.22. The molecule has 5 nitrogen and oxygen atoms in total. The zero-order valence-corrected chi connectivity index (χ0v) is 21.5. The van der Waals surface area contributed by atoms with Crippen molar-refractivity contribution in [1.29, 1.82) is 0 Å². The minimum absolute atomic E-state index is 0.148. The molecule has 35 heavy (non-hydrogen) atoms. The van der Waals surface area contributed by atoms with Crippen LogP contribution in [-0.2, 0) is 20.9 Å². The number of rotatable bonds is 19. The summed E-state index contributed by atoms with van der Waals surface area (Å²) < 4.78 is 16.6. The normalized spacial score (nSPS) is 11.7. The molecule has 2 aromatic rings. The van der Waals surface area contributed by atoms with Crippen molar-refractivity contribution in [3.8, 4) is 5.75 Å². The van der Waals surface area contributed by atoms with Crippen molar-refractivity contribution in [3.05, 3.63) is 65.7 Å². The topological polar surface area (TPSA) is 61.8 Å². The molecule has 0 N–H and O–H groups in total. The summed E-state index contributed by atoms with van der Waals surface area (Å²) in [6.07, 6.45) is 11.9. The van der Waals surface area contributed by atoms with Crippen molar-refractivity contribution in [1.82, 2.24) is 0 Å². The van der Waals surface area contributed by atoms with Gasteiger partial charge in [0.1, 0.15) is 5.75 Å². The monoisotopic (exact) mass is 482 g/mol. The molecule has 0 fully saturated rings. The number of Topliss-reactive ketones (excluding diaryl/α,β-unsaturated/α-hetero) is 1. The average molecular weight is 483 g/mol. The van der Waals surface area contributed by atoms with Crippen LogP contribution in [-0.4, -0.2) is 31.6 Å². The van der Waals surface area contributed by atoms with E-state index in [2.05, 4.69) is 6.92 Å². The smallest absolute Gasteiger partial charge is 0.308 e. The fourth-order valence-electron chi connectivity index (χ4n) is 3.96. The molecule has 0 saturated carbocycles. The predicted octanol–water partition coefficient (Wildman–Crippen LogP) is 7.32. The Balaban J connectivity index is 1.77. The van der Waals surface area contributed by atoms with Crippen molar-refractivity contribution in [2.24, 2.45) is 0 Å². The highest BCUT2D eigenvalue weighted by molar-refractivity contribution is 5.97. The first kappa shape index (κ1) is 28.6. The molecule has 0 aliphatic carbocycles. The first-order valence-corrected chi connectivity index (χ1v) is 13.1. The van der Waals surface area contributed by atoms with Gasteiger partial charge in [0.25, 0.3) is 0 Å². The zero-order valence-electron chi connectivity index (χ0n) is 21.5. The molecule has 192 valence electrons. The van der Waals surface area contributed by atoms with Gasteiger partial charge in [-0.25, -0.2) is 0 Å². The van der Waals surface area contributed by atoms with Gasteiger partial charge >= 0.3 is 5.97 Å². The number of methoxy groups -OCH3 is 1. The van der Waals surface area contributed by atoms with Crippen LogP contribution in [0, 0.1) is 0 Å². The van der Waals surface area contributed by atoms with Crippen LogP contribution in [0.3, 0.4) is 0 Å². The molecule has 0 spiro atoms. The van der Waals surface area contributed by atoms with Crippen LogP contribution in [0.2, 0.25) is 0 Å². The molecule has 2 aromatic carbocycles. The third-order valence-electron chi connectivity index (χ3n) is 6.13. The van der Waals surface area contributed by atoms with E-state index in [1.807, 2.05) is 30.3 Å². The molecule has 0 radical (unpaired) electrons. The van der Waals surface area contributed by atoms with Crippen LogP contribution >= 0.6 is 0 Å². The summed E-state index contributed by atoms with van der Waals surface area (Å²) in [5.74, 6) is 0.199. The summed E-state index contributed by atoms with van der Waals surface area (Å²) in [5.41, 5.74) is 1.57. The Morgan fingerprint density at radius 3 is 2.06 bits per heavy atom. The van der Waals surface area contributed by atoms with Crippen molar-refractivity contribution in [3.63, 3.8) is 0 Å². The van der Waals surface area contributed by atoms with E-state index < -0.39 is 5.97 Å². The second-order valence-corrected chi connectivity index (χ2v) is 9.05. The number of hydrogen-bond donors (Lipinski definition) is 0. The van der Waals surface area contributed by atoms with Crippen LogP contribution < -0.4 is 4.74 Å². The zero-order chi connectivity index (χ0) is 25.1. The molecule has 2 rings (SSSR count). The highest BCUT2D eigenvalue weighted by Gasteiger charge is 2.17. The maximum atomic E-state index is 12.5. The minimum Gasteiger partial charge on any atom is -0.497 e. The molecule has 0 amide bonds. The number of esters is 1. The SMILES string of the molecule is CCCCCCCCCCC[C@H](CC(=O)OCC(=O)c1ccccc1)OCc1ccc(OC)cc1. The van der Waals surface area contributed by atoms with Crippen molar-refractivity contribution >= 4 is 11.8 Å². The maximum absolute atomic E-state index is 12.5. The molecule has 0 bridgehead atoms. The Kier molecular flexibility index (Phi) is 14.5.